The molecule has 2 unspecified atom stereocenters. The largest absolute Gasteiger partial charge is 0.494 e. The van der Waals surface area contributed by atoms with Gasteiger partial charge in [0.05, 0.1) is 34.3 Å². The lowest BCUT2D eigenvalue weighted by Gasteiger charge is -2.42. The van der Waals surface area contributed by atoms with Crippen molar-refractivity contribution in [2.24, 2.45) is 0 Å². The second-order valence-electron chi connectivity index (χ2n) is 15.9. The summed E-state index contributed by atoms with van der Waals surface area (Å²) in [6.07, 6.45) is 5.15. The molecule has 10 heteroatoms. The van der Waals surface area contributed by atoms with Crippen molar-refractivity contribution in [2.45, 2.75) is 115 Å². The van der Waals surface area contributed by atoms with Crippen molar-refractivity contribution in [1.82, 2.24) is 15.2 Å². The Balaban J connectivity index is 1.13. The number of rotatable bonds is 5. The van der Waals surface area contributed by atoms with Crippen LogP contribution in [0, 0.1) is 6.92 Å². The molecule has 3 aliphatic heterocycles. The highest BCUT2D eigenvalue weighted by atomic mass is 16.7. The van der Waals surface area contributed by atoms with Gasteiger partial charge in [0.1, 0.15) is 5.60 Å². The molecule has 9 nitrogen and oxygen atoms in total. The predicted molar refractivity (Wildman–Crippen MR) is 184 cm³/mol. The predicted octanol–water partition coefficient (Wildman–Crippen LogP) is 5.85. The van der Waals surface area contributed by atoms with Crippen LogP contribution in [0.2, 0.25) is 0 Å². The molecule has 2 atom stereocenters. The number of aryl methyl sites for hydroxylation is 1. The van der Waals surface area contributed by atoms with Crippen LogP contribution in [0.3, 0.4) is 0 Å². The molecule has 2 amide bonds. The van der Waals surface area contributed by atoms with Crippen molar-refractivity contribution >= 4 is 41.2 Å². The molecule has 0 spiro atoms. The number of nitrogens with zero attached hydrogens (tertiary/aromatic N) is 3. The third-order valence-corrected chi connectivity index (χ3v) is 10.8. The second kappa shape index (κ2) is 11.0. The Morgan fingerprint density at radius 1 is 0.979 bits per heavy atom. The van der Waals surface area contributed by atoms with Gasteiger partial charge in [0, 0.05) is 35.9 Å². The Morgan fingerprint density at radius 2 is 1.64 bits per heavy atom. The highest BCUT2D eigenvalue weighted by Gasteiger charge is 2.53. The molecule has 3 saturated heterocycles. The van der Waals surface area contributed by atoms with Crippen LogP contribution in [0.25, 0.3) is 10.9 Å². The third-order valence-electron chi connectivity index (χ3n) is 10.8. The number of piperazine rings is 1. The molecule has 4 heterocycles. The van der Waals surface area contributed by atoms with Gasteiger partial charge in [-0.05, 0) is 122 Å². The van der Waals surface area contributed by atoms with Gasteiger partial charge in [-0.25, -0.2) is 4.79 Å². The first-order valence-corrected chi connectivity index (χ1v) is 17.0. The van der Waals surface area contributed by atoms with Crippen LogP contribution >= 0.6 is 0 Å². The van der Waals surface area contributed by atoms with E-state index in [9.17, 15) is 9.59 Å². The number of nitrogens with one attached hydrogen (secondary N) is 1. The van der Waals surface area contributed by atoms with Gasteiger partial charge in [-0.2, -0.15) is 0 Å². The number of hydrogen-bond donors (Lipinski definition) is 1. The molecule has 4 fully saturated rings. The number of hydrogen-bond acceptors (Lipinski definition) is 7. The fraction of sp³-hybridized carbons (Fsp3) is 0.541. The Bertz CT molecular complexity index is 1720. The van der Waals surface area contributed by atoms with Gasteiger partial charge in [0.15, 0.2) is 0 Å². The zero-order chi connectivity index (χ0) is 33.5. The van der Waals surface area contributed by atoms with Crippen LogP contribution in [0.4, 0.5) is 10.5 Å². The molecule has 2 aromatic carbocycles. The molecule has 0 radical (unpaired) electrons. The number of amides is 2. The number of benzene rings is 2. The normalized spacial score (nSPS) is 24.0. The number of aromatic nitrogens is 1. The lowest BCUT2D eigenvalue weighted by Crippen LogP contribution is -2.56. The average Bonchev–Trinajstić information content (AvgIpc) is 3.66. The van der Waals surface area contributed by atoms with Gasteiger partial charge in [0.25, 0.3) is 5.91 Å². The van der Waals surface area contributed by atoms with Crippen molar-refractivity contribution in [2.75, 3.05) is 18.0 Å². The number of anilines is 1. The zero-order valence-corrected chi connectivity index (χ0v) is 29.0. The molecule has 248 valence electrons. The Kier molecular flexibility index (Phi) is 7.45. The third kappa shape index (κ3) is 5.77. The van der Waals surface area contributed by atoms with E-state index in [1.165, 1.54) is 0 Å². The quantitative estimate of drug-likeness (QED) is 0.351. The number of carbonyl (C=O) groups excluding carboxylic acids is 2. The van der Waals surface area contributed by atoms with E-state index in [1.54, 1.807) is 6.20 Å². The maximum absolute atomic E-state index is 14.1. The topological polar surface area (TPSA) is 93.2 Å². The molecular weight excluding hydrogens is 591 g/mol. The Hall–Kier alpha value is -3.63. The Morgan fingerprint density at radius 3 is 2.26 bits per heavy atom. The minimum atomic E-state index is -0.526. The van der Waals surface area contributed by atoms with Gasteiger partial charge >= 0.3 is 13.2 Å². The summed E-state index contributed by atoms with van der Waals surface area (Å²) in [5.41, 5.74) is 3.45. The summed E-state index contributed by atoms with van der Waals surface area (Å²) >= 11 is 0. The van der Waals surface area contributed by atoms with Gasteiger partial charge < -0.3 is 24.3 Å². The molecule has 3 aromatic rings. The molecule has 47 heavy (non-hydrogen) atoms. The van der Waals surface area contributed by atoms with Crippen LogP contribution < -0.4 is 15.7 Å². The fourth-order valence-electron chi connectivity index (χ4n) is 7.36. The van der Waals surface area contributed by atoms with Crippen LogP contribution in [-0.2, 0) is 19.6 Å². The lowest BCUT2D eigenvalue weighted by molar-refractivity contribution is 0.00578. The second-order valence-corrected chi connectivity index (χ2v) is 15.9. The van der Waals surface area contributed by atoms with Crippen molar-refractivity contribution in [3.63, 3.8) is 0 Å². The number of ether oxygens (including phenoxy) is 1. The van der Waals surface area contributed by atoms with E-state index in [4.69, 9.17) is 19.0 Å². The summed E-state index contributed by atoms with van der Waals surface area (Å²) in [7, 11) is -0.526. The lowest BCUT2D eigenvalue weighted by atomic mass is 9.76. The summed E-state index contributed by atoms with van der Waals surface area (Å²) in [6.45, 7) is 17.4. The molecule has 1 saturated carbocycles. The number of carbonyl (C=O) groups is 2. The molecule has 2 bridgehead atoms. The van der Waals surface area contributed by atoms with Crippen molar-refractivity contribution < 1.29 is 23.6 Å². The summed E-state index contributed by atoms with van der Waals surface area (Å²) in [4.78, 5) is 36.1. The smallest absolute Gasteiger partial charge is 0.444 e. The van der Waals surface area contributed by atoms with E-state index < -0.39 is 29.5 Å². The molecular formula is C37H47BN4O5. The number of pyridine rings is 1. The summed E-state index contributed by atoms with van der Waals surface area (Å²) in [6, 6.07) is 14.5. The van der Waals surface area contributed by atoms with Gasteiger partial charge in [-0.1, -0.05) is 18.2 Å². The first-order valence-electron chi connectivity index (χ1n) is 17.0. The van der Waals surface area contributed by atoms with E-state index in [0.717, 1.165) is 58.9 Å². The first kappa shape index (κ1) is 31.9. The molecule has 1 N–H and O–H groups in total. The average molecular weight is 639 g/mol. The summed E-state index contributed by atoms with van der Waals surface area (Å²) < 4.78 is 18.6. The number of fused-ring (bicyclic) bond motifs is 3. The maximum Gasteiger partial charge on any atom is 0.494 e. The monoisotopic (exact) mass is 638 g/mol. The van der Waals surface area contributed by atoms with Gasteiger partial charge in [-0.3, -0.25) is 14.7 Å². The van der Waals surface area contributed by atoms with Gasteiger partial charge in [-0.15, -0.1) is 0 Å². The van der Waals surface area contributed by atoms with E-state index >= 15 is 0 Å². The first-order chi connectivity index (χ1) is 22.1. The molecule has 1 aromatic heterocycles. The zero-order valence-electron chi connectivity index (χ0n) is 29.0. The van der Waals surface area contributed by atoms with Crippen molar-refractivity contribution in [3.05, 3.63) is 65.4 Å². The van der Waals surface area contributed by atoms with Crippen LogP contribution in [0.15, 0.2) is 48.7 Å². The van der Waals surface area contributed by atoms with Crippen molar-refractivity contribution in [1.29, 1.82) is 0 Å². The standard InChI is InChI=1S/C37H47BN4O5/c1-23-11-12-25(41-21-26-13-14-27(22-41)42(26)33(44)45-34(2,3)4)20-29(23)32(43)40-37(15-16-37)30-18-24(19-31-28(30)10-9-17-39-31)38-46-35(5,6)36(7,8)47-38/h9-12,17-20,26-27H,13-16,21-22H2,1-8H3,(H,40,43). The SMILES string of the molecule is Cc1ccc(N2CC3CCC(C2)N3C(=O)OC(C)(C)C)cc1C(=O)NC1(c2cc(B3OC(C)(C)C(C)(C)O3)cc3ncccc23)CC1. The molecule has 7 rings (SSSR count). The van der Waals surface area contributed by atoms with E-state index in [0.29, 0.717) is 18.7 Å². The highest BCUT2D eigenvalue weighted by Crippen LogP contribution is 2.48. The van der Waals surface area contributed by atoms with Crippen LogP contribution in [0.1, 0.15) is 95.6 Å². The molecule has 4 aliphatic rings. The summed E-state index contributed by atoms with van der Waals surface area (Å²) in [5, 5.41) is 4.47. The highest BCUT2D eigenvalue weighted by molar-refractivity contribution is 6.62. The minimum absolute atomic E-state index is 0.0877. The Labute approximate surface area is 278 Å². The molecule has 1 aliphatic carbocycles. The maximum atomic E-state index is 14.1. The minimum Gasteiger partial charge on any atom is -0.444 e. The van der Waals surface area contributed by atoms with Gasteiger partial charge in [0.2, 0.25) is 0 Å². The van der Waals surface area contributed by atoms with E-state index in [-0.39, 0.29) is 24.1 Å². The fourth-order valence-corrected chi connectivity index (χ4v) is 7.36. The summed E-state index contributed by atoms with van der Waals surface area (Å²) in [5.74, 6) is -0.0877. The van der Waals surface area contributed by atoms with Crippen molar-refractivity contribution in [3.8, 4) is 0 Å². The van der Waals surface area contributed by atoms with E-state index in [1.807, 2.05) is 56.9 Å². The van der Waals surface area contributed by atoms with Crippen LogP contribution in [0.5, 0.6) is 0 Å². The van der Waals surface area contributed by atoms with Crippen LogP contribution in [-0.4, -0.2) is 71.0 Å². The van der Waals surface area contributed by atoms with E-state index in [2.05, 4.69) is 56.1 Å².